The molecule has 0 heterocycles. The summed E-state index contributed by atoms with van der Waals surface area (Å²) >= 11 is 0. The molecule has 2 N–H and O–H groups in total. The number of allylic oxidation sites excluding steroid dienone is 4. The van der Waals surface area contributed by atoms with Crippen LogP contribution in [-0.2, 0) is 0 Å². The van der Waals surface area contributed by atoms with E-state index in [1.165, 1.54) is 0 Å². The van der Waals surface area contributed by atoms with Gasteiger partial charge in [-0.1, -0.05) is 19.1 Å². The van der Waals surface area contributed by atoms with Gasteiger partial charge in [0.2, 0.25) is 0 Å². The van der Waals surface area contributed by atoms with E-state index < -0.39 is 0 Å². The van der Waals surface area contributed by atoms with E-state index in [1.807, 2.05) is 25.2 Å². The summed E-state index contributed by atoms with van der Waals surface area (Å²) in [4.78, 5) is 0. The molecule has 66 valence electrons. The average Bonchev–Trinajstić information content (AvgIpc) is 2.10. The van der Waals surface area contributed by atoms with Crippen molar-refractivity contribution in [2.75, 3.05) is 0 Å². The highest BCUT2D eigenvalue weighted by Gasteiger charge is 1.81. The Bertz CT molecular complexity index is 196. The van der Waals surface area contributed by atoms with Crippen molar-refractivity contribution in [2.24, 2.45) is 5.73 Å². The van der Waals surface area contributed by atoms with E-state index in [1.54, 1.807) is 0 Å². The average molecular weight is 164 g/mol. The summed E-state index contributed by atoms with van der Waals surface area (Å²) in [6.07, 6.45) is 9.33. The van der Waals surface area contributed by atoms with E-state index in [0.717, 1.165) is 25.0 Å². The van der Waals surface area contributed by atoms with Gasteiger partial charge >= 0.3 is 0 Å². The highest BCUT2D eigenvalue weighted by Crippen LogP contribution is 1.96. The molecule has 0 atom stereocenters. The Kier molecular flexibility index (Phi) is 7.07. The highest BCUT2D eigenvalue weighted by atomic mass is 14.6. The first-order chi connectivity index (χ1) is 5.81. The van der Waals surface area contributed by atoms with Crippen LogP contribution in [0, 0.1) is 11.3 Å². The molecule has 0 rings (SSSR count). The monoisotopic (exact) mass is 164 g/mol. The molecule has 0 saturated heterocycles. The predicted molar refractivity (Wildman–Crippen MR) is 51.2 cm³/mol. The van der Waals surface area contributed by atoms with Gasteiger partial charge in [-0.15, -0.1) is 0 Å². The van der Waals surface area contributed by atoms with E-state index in [0.29, 0.717) is 6.42 Å². The number of rotatable bonds is 5. The van der Waals surface area contributed by atoms with Gasteiger partial charge < -0.3 is 5.73 Å². The molecule has 0 aliphatic carbocycles. The Morgan fingerprint density at radius 1 is 1.58 bits per heavy atom. The van der Waals surface area contributed by atoms with Gasteiger partial charge in [-0.25, -0.2) is 0 Å². The molecule has 0 bridgehead atoms. The molecule has 0 unspecified atom stereocenters. The zero-order valence-electron chi connectivity index (χ0n) is 7.59. The maximum Gasteiger partial charge on any atom is 0.0621 e. The summed E-state index contributed by atoms with van der Waals surface area (Å²) in [6, 6.07) is 2.10. The van der Waals surface area contributed by atoms with Crippen LogP contribution in [0.4, 0.5) is 0 Å². The molecule has 0 radical (unpaired) electrons. The number of hydrogen-bond acceptors (Lipinski definition) is 2. The molecule has 0 fully saturated rings. The molecular formula is C10H16N2. The van der Waals surface area contributed by atoms with Gasteiger partial charge in [0.25, 0.3) is 0 Å². The lowest BCUT2D eigenvalue weighted by Crippen LogP contribution is -1.92. The highest BCUT2D eigenvalue weighted by molar-refractivity contribution is 5.08. The maximum atomic E-state index is 8.24. The summed E-state index contributed by atoms with van der Waals surface area (Å²) < 4.78 is 0. The molecule has 0 amide bonds. The molecule has 2 heteroatoms. The third kappa shape index (κ3) is 6.88. The van der Waals surface area contributed by atoms with Crippen LogP contribution >= 0.6 is 0 Å². The van der Waals surface area contributed by atoms with E-state index in [4.69, 9.17) is 11.0 Å². The van der Waals surface area contributed by atoms with Gasteiger partial charge in [0.15, 0.2) is 0 Å². The van der Waals surface area contributed by atoms with E-state index >= 15 is 0 Å². The fourth-order valence-electron chi connectivity index (χ4n) is 0.705. The first-order valence-electron chi connectivity index (χ1n) is 4.29. The van der Waals surface area contributed by atoms with Gasteiger partial charge in [-0.2, -0.15) is 5.26 Å². The van der Waals surface area contributed by atoms with E-state index in [9.17, 15) is 0 Å². The SMILES string of the molecule is CC/C(N)=C\C=C\CCCC#N. The first kappa shape index (κ1) is 10.8. The molecule has 0 spiro atoms. The van der Waals surface area contributed by atoms with Crippen LogP contribution in [0.25, 0.3) is 0 Å². The van der Waals surface area contributed by atoms with Crippen molar-refractivity contribution < 1.29 is 0 Å². The third-order valence-corrected chi connectivity index (χ3v) is 1.51. The molecule has 0 aliphatic rings. The lowest BCUT2D eigenvalue weighted by molar-refractivity contribution is 0.876. The number of hydrogen-bond donors (Lipinski definition) is 1. The Balaban J connectivity index is 3.44. The summed E-state index contributed by atoms with van der Waals surface area (Å²) in [5.41, 5.74) is 6.47. The van der Waals surface area contributed by atoms with Crippen molar-refractivity contribution in [3.63, 3.8) is 0 Å². The zero-order chi connectivity index (χ0) is 9.23. The minimum Gasteiger partial charge on any atom is -0.402 e. The van der Waals surface area contributed by atoms with Crippen LogP contribution in [0.5, 0.6) is 0 Å². The molecule has 2 nitrogen and oxygen atoms in total. The Morgan fingerprint density at radius 2 is 2.33 bits per heavy atom. The van der Waals surface area contributed by atoms with E-state index in [2.05, 4.69) is 6.07 Å². The number of nitriles is 1. The van der Waals surface area contributed by atoms with Crippen LogP contribution in [-0.4, -0.2) is 0 Å². The molecule has 12 heavy (non-hydrogen) atoms. The minimum absolute atomic E-state index is 0.636. The number of nitrogens with two attached hydrogens (primary N) is 1. The molecule has 0 aromatic rings. The zero-order valence-corrected chi connectivity index (χ0v) is 7.59. The Hall–Kier alpha value is -1.23. The second kappa shape index (κ2) is 7.87. The summed E-state index contributed by atoms with van der Waals surface area (Å²) in [5, 5.41) is 8.24. The third-order valence-electron chi connectivity index (χ3n) is 1.51. The van der Waals surface area contributed by atoms with Crippen LogP contribution in [0.3, 0.4) is 0 Å². The summed E-state index contributed by atoms with van der Waals surface area (Å²) in [5.74, 6) is 0. The quantitative estimate of drug-likeness (QED) is 0.501. The fourth-order valence-corrected chi connectivity index (χ4v) is 0.705. The standard InChI is InChI=1S/C10H16N2/c1-2-10(12)8-6-4-3-5-7-9-11/h4,6,8H,2-3,5,7,12H2,1H3/b6-4+,10-8+. The molecular weight excluding hydrogens is 148 g/mol. The molecule has 0 aliphatic heterocycles. The Morgan fingerprint density at radius 3 is 2.92 bits per heavy atom. The van der Waals surface area contributed by atoms with Crippen molar-refractivity contribution in [3.8, 4) is 6.07 Å². The van der Waals surface area contributed by atoms with Crippen molar-refractivity contribution in [2.45, 2.75) is 32.6 Å². The molecule has 0 aromatic carbocycles. The largest absolute Gasteiger partial charge is 0.402 e. The van der Waals surface area contributed by atoms with Gasteiger partial charge in [0.1, 0.15) is 0 Å². The first-order valence-corrected chi connectivity index (χ1v) is 4.29. The van der Waals surface area contributed by atoms with Crippen LogP contribution in [0.1, 0.15) is 32.6 Å². The minimum atomic E-state index is 0.636. The molecule has 0 saturated carbocycles. The van der Waals surface area contributed by atoms with Crippen molar-refractivity contribution in [3.05, 3.63) is 23.9 Å². The second-order valence-corrected chi connectivity index (χ2v) is 2.57. The van der Waals surface area contributed by atoms with Crippen LogP contribution < -0.4 is 5.73 Å². The van der Waals surface area contributed by atoms with E-state index in [-0.39, 0.29) is 0 Å². The number of nitrogens with zero attached hydrogens (tertiary/aromatic N) is 1. The van der Waals surface area contributed by atoms with Crippen molar-refractivity contribution >= 4 is 0 Å². The summed E-state index contributed by atoms with van der Waals surface area (Å²) in [6.45, 7) is 2.02. The van der Waals surface area contributed by atoms with Crippen molar-refractivity contribution in [1.29, 1.82) is 5.26 Å². The van der Waals surface area contributed by atoms with Gasteiger partial charge in [-0.3, -0.25) is 0 Å². The van der Waals surface area contributed by atoms with Gasteiger partial charge in [0, 0.05) is 12.1 Å². The summed E-state index contributed by atoms with van der Waals surface area (Å²) in [7, 11) is 0. The van der Waals surface area contributed by atoms with Crippen molar-refractivity contribution in [1.82, 2.24) is 0 Å². The molecule has 0 aromatic heterocycles. The van der Waals surface area contributed by atoms with Gasteiger partial charge in [-0.05, 0) is 25.3 Å². The van der Waals surface area contributed by atoms with Crippen LogP contribution in [0.2, 0.25) is 0 Å². The maximum absolute atomic E-state index is 8.24. The normalized spacial score (nSPS) is 11.8. The smallest absolute Gasteiger partial charge is 0.0621 e. The topological polar surface area (TPSA) is 49.8 Å². The van der Waals surface area contributed by atoms with Gasteiger partial charge in [0.05, 0.1) is 6.07 Å². The predicted octanol–water partition coefficient (Wildman–Crippen LogP) is 2.49. The lowest BCUT2D eigenvalue weighted by Gasteiger charge is -1.90. The fraction of sp³-hybridized carbons (Fsp3) is 0.500. The van der Waals surface area contributed by atoms with Crippen LogP contribution in [0.15, 0.2) is 23.9 Å². The Labute approximate surface area is 74.4 Å². The second-order valence-electron chi connectivity index (χ2n) is 2.57. The number of unbranched alkanes of at least 4 members (excludes halogenated alkanes) is 2. The lowest BCUT2D eigenvalue weighted by atomic mass is 10.2.